The van der Waals surface area contributed by atoms with Crippen molar-refractivity contribution in [2.24, 2.45) is 5.92 Å². The standard InChI is InChI=1S/C14H24N2/c1-11(2)9-16(12(3)4)10-13-6-5-7-14(15)8-13/h5-8,11-12H,9-10,15H2,1-4H3. The highest BCUT2D eigenvalue weighted by Gasteiger charge is 2.11. The molecule has 2 heteroatoms. The summed E-state index contributed by atoms with van der Waals surface area (Å²) in [6.45, 7) is 11.1. The molecule has 2 N–H and O–H groups in total. The maximum atomic E-state index is 5.79. The molecule has 1 rings (SSSR count). The van der Waals surface area contributed by atoms with Gasteiger partial charge in [-0.15, -0.1) is 0 Å². The van der Waals surface area contributed by atoms with Crippen LogP contribution >= 0.6 is 0 Å². The van der Waals surface area contributed by atoms with Gasteiger partial charge in [-0.2, -0.15) is 0 Å². The Labute approximate surface area is 99.5 Å². The first-order valence-corrected chi connectivity index (χ1v) is 6.07. The van der Waals surface area contributed by atoms with E-state index >= 15 is 0 Å². The maximum absolute atomic E-state index is 5.79. The molecule has 16 heavy (non-hydrogen) atoms. The second-order valence-corrected chi connectivity index (χ2v) is 5.16. The lowest BCUT2D eigenvalue weighted by molar-refractivity contribution is 0.189. The molecule has 0 bridgehead atoms. The van der Waals surface area contributed by atoms with Gasteiger partial charge in [-0.3, -0.25) is 4.90 Å². The van der Waals surface area contributed by atoms with Crippen LogP contribution in [-0.4, -0.2) is 17.5 Å². The summed E-state index contributed by atoms with van der Waals surface area (Å²) in [7, 11) is 0. The number of rotatable bonds is 5. The number of nitrogens with two attached hydrogens (primary N) is 1. The van der Waals surface area contributed by atoms with Gasteiger partial charge in [-0.1, -0.05) is 26.0 Å². The zero-order valence-corrected chi connectivity index (χ0v) is 10.9. The second kappa shape index (κ2) is 5.90. The van der Waals surface area contributed by atoms with Crippen LogP contribution in [0.5, 0.6) is 0 Å². The average molecular weight is 220 g/mol. The second-order valence-electron chi connectivity index (χ2n) is 5.16. The zero-order valence-electron chi connectivity index (χ0n) is 10.9. The topological polar surface area (TPSA) is 29.3 Å². The van der Waals surface area contributed by atoms with Gasteiger partial charge in [0.2, 0.25) is 0 Å². The van der Waals surface area contributed by atoms with E-state index in [1.807, 2.05) is 12.1 Å². The molecule has 0 amide bonds. The van der Waals surface area contributed by atoms with Gasteiger partial charge in [0.25, 0.3) is 0 Å². The number of hydrogen-bond donors (Lipinski definition) is 1. The summed E-state index contributed by atoms with van der Waals surface area (Å²) >= 11 is 0. The van der Waals surface area contributed by atoms with E-state index in [2.05, 4.69) is 44.7 Å². The first-order valence-electron chi connectivity index (χ1n) is 6.07. The third-order valence-corrected chi connectivity index (χ3v) is 2.67. The van der Waals surface area contributed by atoms with Gasteiger partial charge in [-0.05, 0) is 37.5 Å². The molecule has 0 heterocycles. The summed E-state index contributed by atoms with van der Waals surface area (Å²) in [4.78, 5) is 2.49. The molecule has 2 nitrogen and oxygen atoms in total. The minimum Gasteiger partial charge on any atom is -0.399 e. The quantitative estimate of drug-likeness (QED) is 0.772. The Morgan fingerprint density at radius 2 is 1.88 bits per heavy atom. The molecule has 1 aromatic carbocycles. The fourth-order valence-electron chi connectivity index (χ4n) is 1.85. The molecule has 0 aliphatic rings. The van der Waals surface area contributed by atoms with Crippen molar-refractivity contribution in [2.75, 3.05) is 12.3 Å². The van der Waals surface area contributed by atoms with Crippen LogP contribution < -0.4 is 5.73 Å². The smallest absolute Gasteiger partial charge is 0.0317 e. The van der Waals surface area contributed by atoms with Gasteiger partial charge in [0.15, 0.2) is 0 Å². The third kappa shape index (κ3) is 4.23. The van der Waals surface area contributed by atoms with Crippen LogP contribution in [0.3, 0.4) is 0 Å². The van der Waals surface area contributed by atoms with Crippen LogP contribution in [-0.2, 0) is 6.54 Å². The number of anilines is 1. The van der Waals surface area contributed by atoms with Crippen molar-refractivity contribution in [3.05, 3.63) is 29.8 Å². The van der Waals surface area contributed by atoms with E-state index in [1.54, 1.807) is 0 Å². The van der Waals surface area contributed by atoms with Crippen LogP contribution in [0.15, 0.2) is 24.3 Å². The van der Waals surface area contributed by atoms with Gasteiger partial charge in [0, 0.05) is 24.8 Å². The molecular formula is C14H24N2. The van der Waals surface area contributed by atoms with E-state index in [1.165, 1.54) is 5.56 Å². The van der Waals surface area contributed by atoms with E-state index in [4.69, 9.17) is 5.73 Å². The summed E-state index contributed by atoms with van der Waals surface area (Å²) < 4.78 is 0. The van der Waals surface area contributed by atoms with Gasteiger partial charge >= 0.3 is 0 Å². The molecule has 0 aliphatic heterocycles. The summed E-state index contributed by atoms with van der Waals surface area (Å²) in [5.41, 5.74) is 7.95. The number of nitrogens with zero attached hydrogens (tertiary/aromatic N) is 1. The van der Waals surface area contributed by atoms with Gasteiger partial charge in [0.05, 0.1) is 0 Å². The van der Waals surface area contributed by atoms with Crippen LogP contribution in [0, 0.1) is 5.92 Å². The van der Waals surface area contributed by atoms with Crippen molar-refractivity contribution in [2.45, 2.75) is 40.3 Å². The summed E-state index contributed by atoms with van der Waals surface area (Å²) in [6, 6.07) is 8.75. The molecule has 0 spiro atoms. The van der Waals surface area contributed by atoms with E-state index in [0.29, 0.717) is 12.0 Å². The Kier molecular flexibility index (Phi) is 4.81. The first-order chi connectivity index (χ1) is 7.49. The molecule has 0 radical (unpaired) electrons. The monoisotopic (exact) mass is 220 g/mol. The lowest BCUT2D eigenvalue weighted by atomic mass is 10.1. The molecule has 0 fully saturated rings. The lowest BCUT2D eigenvalue weighted by Crippen LogP contribution is -2.33. The van der Waals surface area contributed by atoms with Gasteiger partial charge in [0.1, 0.15) is 0 Å². The minimum atomic E-state index is 0.573. The third-order valence-electron chi connectivity index (χ3n) is 2.67. The molecule has 0 unspecified atom stereocenters. The van der Waals surface area contributed by atoms with E-state index in [-0.39, 0.29) is 0 Å². The Morgan fingerprint density at radius 1 is 1.19 bits per heavy atom. The SMILES string of the molecule is CC(C)CN(Cc1cccc(N)c1)C(C)C. The molecule has 90 valence electrons. The molecule has 0 aromatic heterocycles. The summed E-state index contributed by atoms with van der Waals surface area (Å²) in [5, 5.41) is 0. The fraction of sp³-hybridized carbons (Fsp3) is 0.571. The molecule has 0 saturated carbocycles. The van der Waals surface area contributed by atoms with Crippen molar-refractivity contribution in [1.29, 1.82) is 0 Å². The first kappa shape index (κ1) is 13.0. The predicted molar refractivity (Wildman–Crippen MR) is 71.2 cm³/mol. The Hall–Kier alpha value is -1.02. The maximum Gasteiger partial charge on any atom is 0.0317 e. The molecule has 0 atom stereocenters. The minimum absolute atomic E-state index is 0.573. The molecular weight excluding hydrogens is 196 g/mol. The summed E-state index contributed by atoms with van der Waals surface area (Å²) in [5.74, 6) is 0.698. The molecule has 1 aromatic rings. The highest BCUT2D eigenvalue weighted by atomic mass is 15.1. The van der Waals surface area contributed by atoms with Crippen LogP contribution in [0.4, 0.5) is 5.69 Å². The van der Waals surface area contributed by atoms with Crippen molar-refractivity contribution < 1.29 is 0 Å². The highest BCUT2D eigenvalue weighted by molar-refractivity contribution is 5.40. The Balaban J connectivity index is 2.68. The zero-order chi connectivity index (χ0) is 12.1. The van der Waals surface area contributed by atoms with Crippen molar-refractivity contribution >= 4 is 5.69 Å². The number of hydrogen-bond acceptors (Lipinski definition) is 2. The number of nitrogen functional groups attached to an aromatic ring is 1. The largest absolute Gasteiger partial charge is 0.399 e. The van der Waals surface area contributed by atoms with Gasteiger partial charge < -0.3 is 5.73 Å². The van der Waals surface area contributed by atoms with E-state index in [0.717, 1.165) is 18.8 Å². The fourth-order valence-corrected chi connectivity index (χ4v) is 1.85. The lowest BCUT2D eigenvalue weighted by Gasteiger charge is -2.28. The van der Waals surface area contributed by atoms with E-state index < -0.39 is 0 Å². The average Bonchev–Trinajstić information content (AvgIpc) is 2.15. The van der Waals surface area contributed by atoms with Crippen LogP contribution in [0.25, 0.3) is 0 Å². The van der Waals surface area contributed by atoms with Crippen molar-refractivity contribution in [3.8, 4) is 0 Å². The molecule has 0 aliphatic carbocycles. The van der Waals surface area contributed by atoms with Crippen LogP contribution in [0.2, 0.25) is 0 Å². The van der Waals surface area contributed by atoms with Crippen molar-refractivity contribution in [3.63, 3.8) is 0 Å². The van der Waals surface area contributed by atoms with E-state index in [9.17, 15) is 0 Å². The highest BCUT2D eigenvalue weighted by Crippen LogP contribution is 2.13. The van der Waals surface area contributed by atoms with Crippen LogP contribution in [0.1, 0.15) is 33.3 Å². The summed E-state index contributed by atoms with van der Waals surface area (Å²) in [6.07, 6.45) is 0. The Bertz CT molecular complexity index is 318. The predicted octanol–water partition coefficient (Wildman–Crippen LogP) is 3.14. The van der Waals surface area contributed by atoms with Crippen molar-refractivity contribution in [1.82, 2.24) is 4.90 Å². The molecule has 0 saturated heterocycles. The van der Waals surface area contributed by atoms with Gasteiger partial charge in [-0.25, -0.2) is 0 Å². The number of benzene rings is 1. The normalized spacial score (nSPS) is 11.7. The Morgan fingerprint density at radius 3 is 2.38 bits per heavy atom.